The van der Waals surface area contributed by atoms with E-state index in [1.807, 2.05) is 20.8 Å². The molecule has 0 aromatic heterocycles. The molecule has 0 radical (unpaired) electrons. The summed E-state index contributed by atoms with van der Waals surface area (Å²) in [7, 11) is 4.68. The van der Waals surface area contributed by atoms with Gasteiger partial charge in [0.2, 0.25) is 11.6 Å². The topological polar surface area (TPSA) is 157 Å². The Labute approximate surface area is 248 Å². The van der Waals surface area contributed by atoms with Crippen LogP contribution in [0.5, 0.6) is 0 Å². The summed E-state index contributed by atoms with van der Waals surface area (Å²) in [6.07, 6.45) is 3.97. The van der Waals surface area contributed by atoms with Crippen LogP contribution in [-0.2, 0) is 28.6 Å². The molecule has 0 spiro atoms. The summed E-state index contributed by atoms with van der Waals surface area (Å²) in [5.74, 6) is -1.97. The number of rotatable bonds is 5. The lowest BCUT2D eigenvalue weighted by atomic mass is 9.85. The van der Waals surface area contributed by atoms with Crippen molar-refractivity contribution in [3.05, 3.63) is 58.5 Å². The molecule has 4 N–H and O–H groups in total. The zero-order chi connectivity index (χ0) is 31.7. The maximum absolute atomic E-state index is 13.6. The summed E-state index contributed by atoms with van der Waals surface area (Å²) >= 11 is 0. The smallest absolute Gasteiger partial charge is 0.405 e. The molecule has 0 saturated heterocycles. The van der Waals surface area contributed by atoms with Gasteiger partial charge in [0.15, 0.2) is 6.10 Å². The van der Waals surface area contributed by atoms with E-state index in [0.717, 1.165) is 6.08 Å². The number of nitrogens with one attached hydrogen (secondary N) is 1. The molecule has 1 aliphatic heterocycles. The number of hydrogen-bond acceptors (Lipinski definition) is 9. The third-order valence-corrected chi connectivity index (χ3v) is 7.62. The molecule has 0 saturated carbocycles. The van der Waals surface area contributed by atoms with Crippen molar-refractivity contribution in [1.29, 1.82) is 0 Å². The molecule has 0 aromatic rings. The first-order valence-electron chi connectivity index (χ1n) is 14.0. The summed E-state index contributed by atoms with van der Waals surface area (Å²) < 4.78 is 16.6. The first-order chi connectivity index (χ1) is 19.7. The number of carbonyl (C=O) groups excluding carboxylic acids is 4. The molecule has 0 unspecified atom stereocenters. The number of aliphatic hydroxyl groups is 1. The average Bonchev–Trinajstić information content (AvgIpc) is 2.93. The maximum Gasteiger partial charge on any atom is 0.405 e. The Hall–Kier alpha value is -3.54. The molecule has 0 aromatic carbocycles. The van der Waals surface area contributed by atoms with Gasteiger partial charge in [-0.25, -0.2) is 4.79 Å². The van der Waals surface area contributed by atoms with Gasteiger partial charge < -0.3 is 35.3 Å². The molecule has 232 valence electrons. The van der Waals surface area contributed by atoms with Crippen molar-refractivity contribution >= 4 is 23.6 Å². The fourth-order valence-corrected chi connectivity index (χ4v) is 5.15. The van der Waals surface area contributed by atoms with Crippen molar-refractivity contribution < 1.29 is 38.5 Å². The Morgan fingerprint density at radius 2 is 1.83 bits per heavy atom. The minimum Gasteiger partial charge on any atom is -0.439 e. The highest BCUT2D eigenvalue weighted by atomic mass is 16.6. The van der Waals surface area contributed by atoms with Gasteiger partial charge >= 0.3 is 6.09 Å². The van der Waals surface area contributed by atoms with Gasteiger partial charge in [0.05, 0.1) is 23.6 Å². The zero-order valence-electron chi connectivity index (χ0n) is 25.8. The van der Waals surface area contributed by atoms with E-state index < -0.39 is 48.1 Å². The van der Waals surface area contributed by atoms with Gasteiger partial charge in [-0.3, -0.25) is 14.4 Å². The van der Waals surface area contributed by atoms with Crippen LogP contribution in [0.15, 0.2) is 58.5 Å². The fourth-order valence-electron chi connectivity index (χ4n) is 5.15. The quantitative estimate of drug-likeness (QED) is 0.325. The van der Waals surface area contributed by atoms with Gasteiger partial charge in [0, 0.05) is 51.0 Å². The third kappa shape index (κ3) is 8.73. The van der Waals surface area contributed by atoms with Gasteiger partial charge in [-0.05, 0) is 45.1 Å². The number of likely N-dealkylation sites (N-methyl/N-ethyl adjacent to an activating group) is 1. The summed E-state index contributed by atoms with van der Waals surface area (Å²) in [4.78, 5) is 53.3. The molecule has 0 fully saturated rings. The van der Waals surface area contributed by atoms with Crippen molar-refractivity contribution in [3.63, 3.8) is 0 Å². The molecule has 1 heterocycles. The number of nitrogens with two attached hydrogens (primary N) is 1. The second-order valence-electron chi connectivity index (χ2n) is 10.9. The molecule has 42 heavy (non-hydrogen) atoms. The van der Waals surface area contributed by atoms with Crippen LogP contribution >= 0.6 is 0 Å². The van der Waals surface area contributed by atoms with Crippen LogP contribution in [0.3, 0.4) is 0 Å². The summed E-state index contributed by atoms with van der Waals surface area (Å²) in [6.45, 7) is 9.41. The summed E-state index contributed by atoms with van der Waals surface area (Å²) in [5.41, 5.74) is 6.69. The van der Waals surface area contributed by atoms with Crippen molar-refractivity contribution in [1.82, 2.24) is 10.2 Å². The Morgan fingerprint density at radius 1 is 1.17 bits per heavy atom. The van der Waals surface area contributed by atoms with Crippen molar-refractivity contribution in [3.8, 4) is 0 Å². The van der Waals surface area contributed by atoms with E-state index in [0.29, 0.717) is 29.8 Å². The standard InChI is InChI=1S/C31H45N3O8/c1-9-34(6)26-21-13-17(2)14-25(41-8)27(36)19(4)15-20(5)29(42-31(32)39)24(40-7)12-10-11-18(3)30(38)33-22(28(21)37)16-23(26)35/h10-12,15-17,19,24-25,27,29,36H,9,13-14H2,1-8H3,(H2,32,39)(H,33,38)/b12-10-,18-11+,20-15+/t17-,19+,24+,25+,27-,29+/m1/s1. The Bertz CT molecular complexity index is 1200. The van der Waals surface area contributed by atoms with Crippen molar-refractivity contribution in [2.75, 3.05) is 27.8 Å². The highest BCUT2D eigenvalue weighted by Crippen LogP contribution is 2.30. The zero-order valence-corrected chi connectivity index (χ0v) is 25.8. The Kier molecular flexibility index (Phi) is 12.9. The number of ether oxygens (including phenoxy) is 3. The lowest BCUT2D eigenvalue weighted by Gasteiger charge is -2.31. The van der Waals surface area contributed by atoms with E-state index >= 15 is 0 Å². The molecule has 2 aliphatic rings. The number of fused-ring (bicyclic) bond motifs is 2. The Morgan fingerprint density at radius 3 is 2.40 bits per heavy atom. The SMILES string of the molecule is CCN(C)C1=C2C[C@@H](C)C[C@H](OC)[C@H](O)[C@@H](C)/C=C(\C)[C@H](OC(N)=O)[C@@H](OC)/C=C\C=C(/C)C(=O)NC(=CC1=O)C2=O. The van der Waals surface area contributed by atoms with Gasteiger partial charge in [-0.15, -0.1) is 0 Å². The molecule has 6 atom stereocenters. The lowest BCUT2D eigenvalue weighted by molar-refractivity contribution is -0.120. The van der Waals surface area contributed by atoms with Crippen LogP contribution in [0.4, 0.5) is 4.79 Å². The van der Waals surface area contributed by atoms with E-state index in [2.05, 4.69) is 5.32 Å². The number of aliphatic hydroxyl groups excluding tert-OH is 1. The number of ketones is 2. The molecular formula is C31H45N3O8. The minimum absolute atomic E-state index is 0.100. The first-order valence-corrected chi connectivity index (χ1v) is 14.0. The number of hydrogen-bond donors (Lipinski definition) is 3. The molecular weight excluding hydrogens is 542 g/mol. The van der Waals surface area contributed by atoms with E-state index in [9.17, 15) is 24.3 Å². The van der Waals surface area contributed by atoms with Gasteiger partial charge in [-0.2, -0.15) is 0 Å². The number of primary amides is 1. The maximum atomic E-state index is 13.6. The van der Waals surface area contributed by atoms with Crippen LogP contribution in [0.25, 0.3) is 0 Å². The van der Waals surface area contributed by atoms with Crippen LogP contribution in [0.2, 0.25) is 0 Å². The molecule has 11 heteroatoms. The van der Waals surface area contributed by atoms with E-state index in [1.165, 1.54) is 20.3 Å². The molecule has 1 aliphatic carbocycles. The average molecular weight is 588 g/mol. The van der Waals surface area contributed by atoms with Crippen molar-refractivity contribution in [2.24, 2.45) is 17.6 Å². The van der Waals surface area contributed by atoms with Crippen LogP contribution in [-0.4, -0.2) is 85.8 Å². The van der Waals surface area contributed by atoms with E-state index in [4.69, 9.17) is 19.9 Å². The molecule has 2 amide bonds. The van der Waals surface area contributed by atoms with Gasteiger partial charge in [-0.1, -0.05) is 38.2 Å². The number of carbonyl (C=O) groups is 4. The van der Waals surface area contributed by atoms with Gasteiger partial charge in [0.1, 0.15) is 6.10 Å². The lowest BCUT2D eigenvalue weighted by Crippen LogP contribution is -2.38. The number of methoxy groups -OCH3 is 2. The monoisotopic (exact) mass is 587 g/mol. The number of allylic oxidation sites excluding steroid dienone is 4. The third-order valence-electron chi connectivity index (χ3n) is 7.62. The second kappa shape index (κ2) is 15.6. The largest absolute Gasteiger partial charge is 0.439 e. The van der Waals surface area contributed by atoms with Gasteiger partial charge in [0.25, 0.3) is 5.91 Å². The summed E-state index contributed by atoms with van der Waals surface area (Å²) in [6, 6.07) is 0. The molecule has 2 rings (SSSR count). The van der Waals surface area contributed by atoms with Crippen molar-refractivity contribution in [2.45, 2.75) is 71.9 Å². The predicted molar refractivity (Wildman–Crippen MR) is 158 cm³/mol. The number of nitrogens with zero attached hydrogens (tertiary/aromatic N) is 1. The van der Waals surface area contributed by atoms with E-state index in [-0.39, 0.29) is 29.4 Å². The number of amides is 2. The van der Waals surface area contributed by atoms with Crippen LogP contribution < -0.4 is 11.1 Å². The predicted octanol–water partition coefficient (Wildman–Crippen LogP) is 2.71. The molecule has 2 bridgehead atoms. The highest BCUT2D eigenvalue weighted by molar-refractivity contribution is 6.23. The molecule has 11 nitrogen and oxygen atoms in total. The van der Waals surface area contributed by atoms with Crippen LogP contribution in [0, 0.1) is 11.8 Å². The Balaban J connectivity index is 2.65. The van der Waals surface area contributed by atoms with Crippen LogP contribution in [0.1, 0.15) is 47.5 Å². The highest BCUT2D eigenvalue weighted by Gasteiger charge is 2.34. The van der Waals surface area contributed by atoms with E-state index in [1.54, 1.807) is 44.0 Å². The normalized spacial score (nSPS) is 31.7. The minimum atomic E-state index is -0.995. The second-order valence-corrected chi connectivity index (χ2v) is 10.9. The first kappa shape index (κ1) is 34.7. The summed E-state index contributed by atoms with van der Waals surface area (Å²) in [5, 5.41) is 13.8. The number of Topliss-reactive ketones (excluding diaryl/α,β-unsaturated/α-hetero) is 1. The fraction of sp³-hybridized carbons (Fsp3) is 0.548.